The number of nitrogens with zero attached hydrogens (tertiary/aromatic N) is 1. The third-order valence-electron chi connectivity index (χ3n) is 3.52. The molecule has 0 unspecified atom stereocenters. The molecule has 1 fully saturated rings. The van der Waals surface area contributed by atoms with Gasteiger partial charge < -0.3 is 15.0 Å². The van der Waals surface area contributed by atoms with Gasteiger partial charge in [-0.1, -0.05) is 6.07 Å². The maximum absolute atomic E-state index is 12.4. The first-order chi connectivity index (χ1) is 9.24. The summed E-state index contributed by atoms with van der Waals surface area (Å²) in [5, 5.41) is 2.77. The van der Waals surface area contributed by atoms with E-state index in [2.05, 4.69) is 5.32 Å². The zero-order valence-corrected chi connectivity index (χ0v) is 10.6. The molecule has 100 valence electrons. The summed E-state index contributed by atoms with van der Waals surface area (Å²) in [7, 11) is 0. The SMILES string of the molecule is O=C1CN(C(=O)c2ccc3c(c2)COC3)CCCN1. The van der Waals surface area contributed by atoms with Crippen molar-refractivity contribution in [2.75, 3.05) is 19.6 Å². The van der Waals surface area contributed by atoms with Gasteiger partial charge in [-0.25, -0.2) is 0 Å². The second kappa shape index (κ2) is 5.01. The van der Waals surface area contributed by atoms with E-state index < -0.39 is 0 Å². The standard InChI is InChI=1S/C14H16N2O3/c17-13-7-16(5-1-4-15-13)14(18)10-2-3-11-8-19-9-12(11)6-10/h2-3,6H,1,4-5,7-9H2,(H,15,17). The van der Waals surface area contributed by atoms with Crippen LogP contribution in [-0.2, 0) is 22.7 Å². The highest BCUT2D eigenvalue weighted by atomic mass is 16.5. The van der Waals surface area contributed by atoms with E-state index in [0.29, 0.717) is 31.9 Å². The Morgan fingerprint density at radius 3 is 3.00 bits per heavy atom. The molecule has 5 nitrogen and oxygen atoms in total. The number of carbonyl (C=O) groups excluding carboxylic acids is 2. The summed E-state index contributed by atoms with van der Waals surface area (Å²) in [6.07, 6.45) is 0.797. The zero-order valence-electron chi connectivity index (χ0n) is 10.6. The van der Waals surface area contributed by atoms with Gasteiger partial charge in [0.05, 0.1) is 19.8 Å². The van der Waals surface area contributed by atoms with Crippen LogP contribution in [0.4, 0.5) is 0 Å². The summed E-state index contributed by atoms with van der Waals surface area (Å²) in [6, 6.07) is 5.64. The summed E-state index contributed by atoms with van der Waals surface area (Å²) in [5.41, 5.74) is 2.86. The molecule has 0 saturated carbocycles. The summed E-state index contributed by atoms with van der Waals surface area (Å²) in [5.74, 6) is -0.165. The van der Waals surface area contributed by atoms with Crippen LogP contribution in [0.2, 0.25) is 0 Å². The molecule has 1 aromatic rings. The molecule has 3 rings (SSSR count). The minimum atomic E-state index is -0.0876. The first-order valence-corrected chi connectivity index (χ1v) is 6.49. The molecular weight excluding hydrogens is 244 g/mol. The second-order valence-electron chi connectivity index (χ2n) is 4.91. The Hall–Kier alpha value is -1.88. The van der Waals surface area contributed by atoms with Gasteiger partial charge in [-0.2, -0.15) is 0 Å². The average molecular weight is 260 g/mol. The van der Waals surface area contributed by atoms with Crippen LogP contribution in [0.15, 0.2) is 18.2 Å². The van der Waals surface area contributed by atoms with Crippen molar-refractivity contribution in [3.63, 3.8) is 0 Å². The summed E-state index contributed by atoms with van der Waals surface area (Å²) >= 11 is 0. The van der Waals surface area contributed by atoms with Crippen LogP contribution in [0.5, 0.6) is 0 Å². The van der Waals surface area contributed by atoms with Gasteiger partial charge in [0.25, 0.3) is 5.91 Å². The van der Waals surface area contributed by atoms with Crippen LogP contribution in [-0.4, -0.2) is 36.3 Å². The first-order valence-electron chi connectivity index (χ1n) is 6.49. The number of amides is 2. The maximum Gasteiger partial charge on any atom is 0.254 e. The number of hydrogen-bond acceptors (Lipinski definition) is 3. The van der Waals surface area contributed by atoms with Gasteiger partial charge in [0.1, 0.15) is 0 Å². The van der Waals surface area contributed by atoms with Crippen LogP contribution >= 0.6 is 0 Å². The molecule has 1 N–H and O–H groups in total. The van der Waals surface area contributed by atoms with Crippen molar-refractivity contribution in [3.05, 3.63) is 34.9 Å². The molecule has 0 aliphatic carbocycles. The molecule has 19 heavy (non-hydrogen) atoms. The third kappa shape index (κ3) is 2.46. The molecular formula is C14H16N2O3. The molecule has 1 saturated heterocycles. The van der Waals surface area contributed by atoms with Crippen LogP contribution in [0.1, 0.15) is 27.9 Å². The van der Waals surface area contributed by atoms with Gasteiger partial charge in [0.2, 0.25) is 5.91 Å². The number of rotatable bonds is 1. The highest BCUT2D eigenvalue weighted by Gasteiger charge is 2.22. The number of hydrogen-bond donors (Lipinski definition) is 1. The monoisotopic (exact) mass is 260 g/mol. The Morgan fingerprint density at radius 1 is 1.26 bits per heavy atom. The molecule has 2 amide bonds. The minimum Gasteiger partial charge on any atom is -0.372 e. The number of carbonyl (C=O) groups is 2. The smallest absolute Gasteiger partial charge is 0.254 e. The average Bonchev–Trinajstić information content (AvgIpc) is 2.78. The van der Waals surface area contributed by atoms with Crippen molar-refractivity contribution >= 4 is 11.8 Å². The number of ether oxygens (including phenoxy) is 1. The normalized spacial score (nSPS) is 18.7. The number of fused-ring (bicyclic) bond motifs is 1. The Bertz CT molecular complexity index is 527. The molecule has 0 aromatic heterocycles. The molecule has 0 bridgehead atoms. The molecule has 0 radical (unpaired) electrons. The van der Waals surface area contributed by atoms with E-state index in [1.54, 1.807) is 4.90 Å². The highest BCUT2D eigenvalue weighted by molar-refractivity contribution is 5.97. The quantitative estimate of drug-likeness (QED) is 0.807. The molecule has 0 atom stereocenters. The Kier molecular flexibility index (Phi) is 3.21. The van der Waals surface area contributed by atoms with Crippen molar-refractivity contribution in [2.45, 2.75) is 19.6 Å². The molecule has 2 aliphatic heterocycles. The summed E-state index contributed by atoms with van der Waals surface area (Å²) in [6.45, 7) is 2.59. The Balaban J connectivity index is 1.81. The summed E-state index contributed by atoms with van der Waals surface area (Å²) in [4.78, 5) is 25.5. The van der Waals surface area contributed by atoms with E-state index in [9.17, 15) is 9.59 Å². The van der Waals surface area contributed by atoms with Crippen molar-refractivity contribution in [1.82, 2.24) is 10.2 Å². The van der Waals surface area contributed by atoms with Crippen LogP contribution in [0.3, 0.4) is 0 Å². The number of nitrogens with one attached hydrogen (secondary N) is 1. The van der Waals surface area contributed by atoms with Crippen molar-refractivity contribution in [1.29, 1.82) is 0 Å². The lowest BCUT2D eigenvalue weighted by molar-refractivity contribution is -0.121. The third-order valence-corrected chi connectivity index (χ3v) is 3.52. The van der Waals surface area contributed by atoms with Crippen LogP contribution in [0, 0.1) is 0 Å². The Morgan fingerprint density at radius 2 is 2.11 bits per heavy atom. The number of benzene rings is 1. The zero-order chi connectivity index (χ0) is 13.2. The van der Waals surface area contributed by atoms with Crippen LogP contribution in [0.25, 0.3) is 0 Å². The van der Waals surface area contributed by atoms with Crippen molar-refractivity contribution in [3.8, 4) is 0 Å². The lowest BCUT2D eigenvalue weighted by atomic mass is 10.1. The van der Waals surface area contributed by atoms with Gasteiger partial charge >= 0.3 is 0 Å². The largest absolute Gasteiger partial charge is 0.372 e. The van der Waals surface area contributed by atoms with Gasteiger partial charge in [0, 0.05) is 18.7 Å². The fourth-order valence-corrected chi connectivity index (χ4v) is 2.47. The van der Waals surface area contributed by atoms with E-state index >= 15 is 0 Å². The lowest BCUT2D eigenvalue weighted by Crippen LogP contribution is -2.37. The minimum absolute atomic E-state index is 0.0771. The predicted octanol–water partition coefficient (Wildman–Crippen LogP) is 0.679. The molecule has 2 aliphatic rings. The van der Waals surface area contributed by atoms with E-state index in [1.807, 2.05) is 18.2 Å². The van der Waals surface area contributed by atoms with E-state index in [0.717, 1.165) is 17.5 Å². The van der Waals surface area contributed by atoms with Gasteiger partial charge in [-0.15, -0.1) is 0 Å². The Labute approximate surface area is 111 Å². The fourth-order valence-electron chi connectivity index (χ4n) is 2.47. The highest BCUT2D eigenvalue weighted by Crippen LogP contribution is 2.21. The summed E-state index contributed by atoms with van der Waals surface area (Å²) < 4.78 is 5.34. The van der Waals surface area contributed by atoms with E-state index in [4.69, 9.17) is 4.74 Å². The fraction of sp³-hybridized carbons (Fsp3) is 0.429. The van der Waals surface area contributed by atoms with E-state index in [1.165, 1.54) is 0 Å². The maximum atomic E-state index is 12.4. The van der Waals surface area contributed by atoms with Crippen LogP contribution < -0.4 is 5.32 Å². The van der Waals surface area contributed by atoms with Gasteiger partial charge in [-0.3, -0.25) is 9.59 Å². The van der Waals surface area contributed by atoms with Gasteiger partial charge in [-0.05, 0) is 29.7 Å². The van der Waals surface area contributed by atoms with Crippen molar-refractivity contribution < 1.29 is 14.3 Å². The first kappa shape index (κ1) is 12.2. The predicted molar refractivity (Wildman–Crippen MR) is 68.5 cm³/mol. The molecule has 2 heterocycles. The lowest BCUT2D eigenvalue weighted by Gasteiger charge is -2.19. The molecule has 1 aromatic carbocycles. The molecule has 5 heteroatoms. The topological polar surface area (TPSA) is 58.6 Å². The van der Waals surface area contributed by atoms with Crippen molar-refractivity contribution in [2.24, 2.45) is 0 Å². The second-order valence-corrected chi connectivity index (χ2v) is 4.91. The van der Waals surface area contributed by atoms with E-state index in [-0.39, 0.29) is 18.4 Å². The van der Waals surface area contributed by atoms with Gasteiger partial charge in [0.15, 0.2) is 0 Å². The molecule has 0 spiro atoms.